The summed E-state index contributed by atoms with van der Waals surface area (Å²) in [4.78, 5) is 37.3. The third-order valence-corrected chi connectivity index (χ3v) is 5.18. The Morgan fingerprint density at radius 1 is 1.13 bits per heavy atom. The maximum Gasteiger partial charge on any atom is 0.312 e. The standard InChI is InChI=1S/C21H23Cl2N3O4/c1-13-5-3-4-6-15(13)18(25-21(24)29)10-20(28)30-12-19(27)26(2)11-14-7-8-16(22)17(23)9-14/h3-9,18H,10-12H2,1-2H3,(H3,24,25,29). The number of carbonyl (C=O) groups is 3. The van der Waals surface area contributed by atoms with Gasteiger partial charge in [0.05, 0.1) is 22.5 Å². The van der Waals surface area contributed by atoms with E-state index in [0.717, 1.165) is 16.7 Å². The lowest BCUT2D eigenvalue weighted by atomic mass is 9.99. The molecule has 2 rings (SSSR count). The van der Waals surface area contributed by atoms with Crippen LogP contribution in [0.15, 0.2) is 42.5 Å². The molecule has 9 heteroatoms. The van der Waals surface area contributed by atoms with E-state index >= 15 is 0 Å². The van der Waals surface area contributed by atoms with Crippen LogP contribution < -0.4 is 11.1 Å². The Kier molecular flexibility index (Phi) is 8.50. The molecule has 3 N–H and O–H groups in total. The predicted octanol–water partition coefficient (Wildman–Crippen LogP) is 3.60. The Bertz CT molecular complexity index is 936. The molecule has 0 heterocycles. The number of urea groups is 1. The van der Waals surface area contributed by atoms with Crippen molar-refractivity contribution in [2.45, 2.75) is 25.9 Å². The second kappa shape index (κ2) is 10.8. The molecule has 0 saturated heterocycles. The van der Waals surface area contributed by atoms with Gasteiger partial charge in [0.2, 0.25) is 0 Å². The number of aryl methyl sites for hydroxylation is 1. The van der Waals surface area contributed by atoms with Gasteiger partial charge in [-0.1, -0.05) is 53.5 Å². The molecule has 2 aromatic carbocycles. The van der Waals surface area contributed by atoms with E-state index in [1.54, 1.807) is 37.4 Å². The maximum atomic E-state index is 12.3. The number of nitrogens with zero attached hydrogens (tertiary/aromatic N) is 1. The first-order valence-corrected chi connectivity index (χ1v) is 9.88. The third kappa shape index (κ3) is 6.93. The number of benzene rings is 2. The molecule has 3 amide bonds. The molecule has 30 heavy (non-hydrogen) atoms. The smallest absolute Gasteiger partial charge is 0.312 e. The molecule has 0 aliphatic carbocycles. The normalized spacial score (nSPS) is 11.5. The Labute approximate surface area is 185 Å². The van der Waals surface area contributed by atoms with Gasteiger partial charge in [-0.25, -0.2) is 4.79 Å². The van der Waals surface area contributed by atoms with Gasteiger partial charge in [0.1, 0.15) is 0 Å². The number of ether oxygens (including phenoxy) is 1. The molecule has 0 fully saturated rings. The highest BCUT2D eigenvalue weighted by atomic mass is 35.5. The Morgan fingerprint density at radius 3 is 2.47 bits per heavy atom. The van der Waals surface area contributed by atoms with E-state index in [1.165, 1.54) is 4.90 Å². The van der Waals surface area contributed by atoms with E-state index in [2.05, 4.69) is 5.32 Å². The molecule has 1 atom stereocenters. The molecule has 0 aromatic heterocycles. The maximum absolute atomic E-state index is 12.3. The minimum absolute atomic E-state index is 0.155. The van der Waals surface area contributed by atoms with Gasteiger partial charge in [-0.05, 0) is 35.7 Å². The van der Waals surface area contributed by atoms with Crippen molar-refractivity contribution in [3.8, 4) is 0 Å². The molecule has 1 unspecified atom stereocenters. The Hall–Kier alpha value is -2.77. The van der Waals surface area contributed by atoms with E-state index in [4.69, 9.17) is 33.7 Å². The number of carbonyl (C=O) groups excluding carboxylic acids is 3. The predicted molar refractivity (Wildman–Crippen MR) is 115 cm³/mol. The lowest BCUT2D eigenvalue weighted by Crippen LogP contribution is -2.35. The van der Waals surface area contributed by atoms with Crippen LogP contribution >= 0.6 is 23.2 Å². The molecule has 0 bridgehead atoms. The Balaban J connectivity index is 1.92. The van der Waals surface area contributed by atoms with E-state index < -0.39 is 24.6 Å². The number of esters is 1. The molecule has 160 valence electrons. The molecule has 0 aliphatic rings. The van der Waals surface area contributed by atoms with Crippen LogP contribution in [0.4, 0.5) is 4.79 Å². The van der Waals surface area contributed by atoms with Crippen molar-refractivity contribution in [2.24, 2.45) is 5.73 Å². The van der Waals surface area contributed by atoms with Crippen LogP contribution in [0.25, 0.3) is 0 Å². The summed E-state index contributed by atoms with van der Waals surface area (Å²) in [6.45, 7) is 1.72. The zero-order valence-corrected chi connectivity index (χ0v) is 18.2. The fourth-order valence-corrected chi connectivity index (χ4v) is 3.19. The number of nitrogens with two attached hydrogens (primary N) is 1. The van der Waals surface area contributed by atoms with Crippen molar-refractivity contribution in [1.29, 1.82) is 0 Å². The highest BCUT2D eigenvalue weighted by Gasteiger charge is 2.21. The zero-order valence-electron chi connectivity index (χ0n) is 16.7. The number of likely N-dealkylation sites (N-methyl/N-ethyl adjacent to an activating group) is 1. The molecular formula is C21H23Cl2N3O4. The first-order valence-electron chi connectivity index (χ1n) is 9.12. The molecular weight excluding hydrogens is 429 g/mol. The van der Waals surface area contributed by atoms with Gasteiger partial charge in [-0.2, -0.15) is 0 Å². The second-order valence-corrected chi connectivity index (χ2v) is 7.60. The third-order valence-electron chi connectivity index (χ3n) is 4.44. The van der Waals surface area contributed by atoms with E-state index in [9.17, 15) is 14.4 Å². The first-order chi connectivity index (χ1) is 14.2. The van der Waals surface area contributed by atoms with Crippen LogP contribution in [0.5, 0.6) is 0 Å². The number of hydrogen-bond donors (Lipinski definition) is 2. The monoisotopic (exact) mass is 451 g/mol. The SMILES string of the molecule is Cc1ccccc1C(CC(=O)OCC(=O)N(C)Cc1ccc(Cl)c(Cl)c1)NC(N)=O. The van der Waals surface area contributed by atoms with E-state index in [0.29, 0.717) is 10.0 Å². The average Bonchev–Trinajstić information content (AvgIpc) is 2.68. The minimum Gasteiger partial charge on any atom is -0.455 e. The quantitative estimate of drug-likeness (QED) is 0.598. The van der Waals surface area contributed by atoms with Crippen molar-refractivity contribution >= 4 is 41.1 Å². The van der Waals surface area contributed by atoms with Gasteiger partial charge < -0.3 is 20.7 Å². The van der Waals surface area contributed by atoms with Crippen molar-refractivity contribution in [1.82, 2.24) is 10.2 Å². The zero-order chi connectivity index (χ0) is 22.3. The number of primary amides is 1. The average molecular weight is 452 g/mol. The summed E-state index contributed by atoms with van der Waals surface area (Å²) in [5, 5.41) is 3.36. The van der Waals surface area contributed by atoms with Crippen LogP contribution in [0.2, 0.25) is 10.0 Å². The number of hydrogen-bond acceptors (Lipinski definition) is 4. The summed E-state index contributed by atoms with van der Waals surface area (Å²) in [7, 11) is 1.59. The van der Waals surface area contributed by atoms with Crippen LogP contribution in [-0.4, -0.2) is 36.5 Å². The topological polar surface area (TPSA) is 102 Å². The molecule has 2 aromatic rings. The van der Waals surface area contributed by atoms with Crippen LogP contribution in [0, 0.1) is 6.92 Å². The van der Waals surface area contributed by atoms with Gasteiger partial charge >= 0.3 is 12.0 Å². The lowest BCUT2D eigenvalue weighted by molar-refractivity contribution is -0.152. The molecule has 0 radical (unpaired) electrons. The number of halogens is 2. The fraction of sp³-hybridized carbons (Fsp3) is 0.286. The second-order valence-electron chi connectivity index (χ2n) is 6.78. The van der Waals surface area contributed by atoms with Crippen molar-refractivity contribution in [3.05, 3.63) is 69.2 Å². The van der Waals surface area contributed by atoms with Gasteiger partial charge in [-0.15, -0.1) is 0 Å². The van der Waals surface area contributed by atoms with Crippen molar-refractivity contribution in [3.63, 3.8) is 0 Å². The van der Waals surface area contributed by atoms with Crippen molar-refractivity contribution < 1.29 is 19.1 Å². The van der Waals surface area contributed by atoms with Crippen molar-refractivity contribution in [2.75, 3.05) is 13.7 Å². The molecule has 0 aliphatic heterocycles. The summed E-state index contributed by atoms with van der Waals surface area (Å²) in [6.07, 6.45) is -0.155. The number of nitrogens with one attached hydrogen (secondary N) is 1. The summed E-state index contributed by atoms with van der Waals surface area (Å²) < 4.78 is 5.11. The van der Waals surface area contributed by atoms with Gasteiger partial charge in [0.25, 0.3) is 5.91 Å². The van der Waals surface area contributed by atoms with Crippen LogP contribution in [-0.2, 0) is 20.9 Å². The summed E-state index contributed by atoms with van der Waals surface area (Å²) in [6, 6.07) is 11.0. The van der Waals surface area contributed by atoms with Gasteiger partial charge in [0, 0.05) is 13.6 Å². The molecule has 7 nitrogen and oxygen atoms in total. The first kappa shape index (κ1) is 23.5. The largest absolute Gasteiger partial charge is 0.455 e. The lowest BCUT2D eigenvalue weighted by Gasteiger charge is -2.20. The summed E-state index contributed by atoms with van der Waals surface area (Å²) in [5.41, 5.74) is 7.66. The van der Waals surface area contributed by atoms with E-state index in [-0.39, 0.29) is 18.9 Å². The van der Waals surface area contributed by atoms with Crippen LogP contribution in [0.1, 0.15) is 29.2 Å². The van der Waals surface area contributed by atoms with E-state index in [1.807, 2.05) is 19.1 Å². The minimum atomic E-state index is -0.756. The summed E-state index contributed by atoms with van der Waals surface area (Å²) in [5.74, 6) is -1.02. The highest BCUT2D eigenvalue weighted by Crippen LogP contribution is 2.23. The molecule has 0 saturated carbocycles. The number of rotatable bonds is 8. The fourth-order valence-electron chi connectivity index (χ4n) is 2.87. The van der Waals surface area contributed by atoms with Gasteiger partial charge in [-0.3, -0.25) is 9.59 Å². The Morgan fingerprint density at radius 2 is 1.83 bits per heavy atom. The summed E-state index contributed by atoms with van der Waals surface area (Å²) >= 11 is 11.9. The highest BCUT2D eigenvalue weighted by molar-refractivity contribution is 6.42. The molecule has 0 spiro atoms. The van der Waals surface area contributed by atoms with Crippen LogP contribution in [0.3, 0.4) is 0 Å². The van der Waals surface area contributed by atoms with Gasteiger partial charge in [0.15, 0.2) is 6.61 Å². The number of amides is 3.